The van der Waals surface area contributed by atoms with Crippen LogP contribution in [-0.2, 0) is 10.2 Å². The molecular formula is C20H35IN4O. The van der Waals surface area contributed by atoms with Gasteiger partial charge in [-0.3, -0.25) is 4.99 Å². The second-order valence-corrected chi connectivity index (χ2v) is 6.92. The van der Waals surface area contributed by atoms with Crippen molar-refractivity contribution in [3.05, 3.63) is 35.9 Å². The molecule has 0 atom stereocenters. The molecule has 1 fully saturated rings. The van der Waals surface area contributed by atoms with Crippen molar-refractivity contribution in [2.75, 3.05) is 53.5 Å². The van der Waals surface area contributed by atoms with Gasteiger partial charge in [-0.05, 0) is 45.3 Å². The summed E-state index contributed by atoms with van der Waals surface area (Å²) in [5.74, 6) is 0.934. The van der Waals surface area contributed by atoms with Gasteiger partial charge in [0.1, 0.15) is 0 Å². The fraction of sp³-hybridized carbons (Fsp3) is 0.650. The number of methoxy groups -OCH3 is 1. The maximum Gasteiger partial charge on any atom is 0.191 e. The van der Waals surface area contributed by atoms with Crippen LogP contribution in [0.25, 0.3) is 0 Å². The van der Waals surface area contributed by atoms with Crippen LogP contribution in [0.4, 0.5) is 0 Å². The van der Waals surface area contributed by atoms with Gasteiger partial charge >= 0.3 is 0 Å². The number of ether oxygens (including phenoxy) is 1. The molecule has 26 heavy (non-hydrogen) atoms. The van der Waals surface area contributed by atoms with Gasteiger partial charge < -0.3 is 20.3 Å². The SMILES string of the molecule is CCNC(=NCC1(c2ccccc2)CC1)NCCCN(C)CCOC.I. The minimum absolute atomic E-state index is 0. The number of benzene rings is 1. The van der Waals surface area contributed by atoms with E-state index in [4.69, 9.17) is 9.73 Å². The molecule has 2 N–H and O–H groups in total. The third kappa shape index (κ3) is 7.80. The van der Waals surface area contributed by atoms with E-state index in [0.717, 1.165) is 51.7 Å². The first-order valence-corrected chi connectivity index (χ1v) is 9.45. The van der Waals surface area contributed by atoms with Crippen molar-refractivity contribution in [3.63, 3.8) is 0 Å². The minimum atomic E-state index is 0. The second-order valence-electron chi connectivity index (χ2n) is 6.92. The lowest BCUT2D eigenvalue weighted by Gasteiger charge is -2.18. The summed E-state index contributed by atoms with van der Waals surface area (Å²) in [6.07, 6.45) is 3.57. The molecule has 0 spiro atoms. The third-order valence-electron chi connectivity index (χ3n) is 4.81. The van der Waals surface area contributed by atoms with Crippen molar-refractivity contribution in [3.8, 4) is 0 Å². The average molecular weight is 474 g/mol. The lowest BCUT2D eigenvalue weighted by atomic mass is 9.96. The van der Waals surface area contributed by atoms with Gasteiger partial charge in [-0.25, -0.2) is 0 Å². The number of aliphatic imine (C=N–C) groups is 1. The molecule has 1 saturated carbocycles. The Hall–Kier alpha value is -0.860. The van der Waals surface area contributed by atoms with Gasteiger partial charge in [0.2, 0.25) is 0 Å². The Bertz CT molecular complexity index is 520. The predicted molar refractivity (Wildman–Crippen MR) is 121 cm³/mol. The summed E-state index contributed by atoms with van der Waals surface area (Å²) in [4.78, 5) is 7.15. The summed E-state index contributed by atoms with van der Waals surface area (Å²) >= 11 is 0. The van der Waals surface area contributed by atoms with Crippen molar-refractivity contribution in [2.24, 2.45) is 4.99 Å². The van der Waals surface area contributed by atoms with Crippen LogP contribution in [0.5, 0.6) is 0 Å². The van der Waals surface area contributed by atoms with Gasteiger partial charge in [0.15, 0.2) is 5.96 Å². The van der Waals surface area contributed by atoms with Gasteiger partial charge in [-0.2, -0.15) is 0 Å². The van der Waals surface area contributed by atoms with Gasteiger partial charge in [-0.1, -0.05) is 30.3 Å². The Morgan fingerprint density at radius 3 is 2.54 bits per heavy atom. The van der Waals surface area contributed by atoms with Crippen molar-refractivity contribution >= 4 is 29.9 Å². The highest BCUT2D eigenvalue weighted by Crippen LogP contribution is 2.48. The highest BCUT2D eigenvalue weighted by molar-refractivity contribution is 14.0. The topological polar surface area (TPSA) is 48.9 Å². The maximum absolute atomic E-state index is 5.11. The summed E-state index contributed by atoms with van der Waals surface area (Å²) in [6, 6.07) is 10.8. The molecule has 0 saturated heterocycles. The quantitative estimate of drug-likeness (QED) is 0.224. The number of nitrogens with zero attached hydrogens (tertiary/aromatic N) is 2. The smallest absolute Gasteiger partial charge is 0.191 e. The minimum Gasteiger partial charge on any atom is -0.383 e. The lowest BCUT2D eigenvalue weighted by Crippen LogP contribution is -2.39. The summed E-state index contributed by atoms with van der Waals surface area (Å²) in [5.41, 5.74) is 1.69. The van der Waals surface area contributed by atoms with Crippen LogP contribution >= 0.6 is 24.0 Å². The van der Waals surface area contributed by atoms with E-state index in [1.807, 2.05) is 0 Å². The van der Waals surface area contributed by atoms with Crippen LogP contribution in [0.3, 0.4) is 0 Å². The molecule has 1 aromatic rings. The Morgan fingerprint density at radius 1 is 1.19 bits per heavy atom. The summed E-state index contributed by atoms with van der Waals surface area (Å²) in [6.45, 7) is 7.61. The number of halogens is 1. The van der Waals surface area contributed by atoms with Crippen molar-refractivity contribution < 1.29 is 4.74 Å². The first kappa shape index (κ1) is 23.2. The largest absolute Gasteiger partial charge is 0.383 e. The molecule has 1 aliphatic rings. The molecule has 1 aliphatic carbocycles. The fourth-order valence-electron chi connectivity index (χ4n) is 2.97. The van der Waals surface area contributed by atoms with E-state index in [9.17, 15) is 0 Å². The van der Waals surface area contributed by atoms with Crippen molar-refractivity contribution in [2.45, 2.75) is 31.6 Å². The molecule has 0 bridgehead atoms. The van der Waals surface area contributed by atoms with Gasteiger partial charge in [0, 0.05) is 32.2 Å². The fourth-order valence-corrected chi connectivity index (χ4v) is 2.97. The molecule has 5 nitrogen and oxygen atoms in total. The van der Waals surface area contributed by atoms with Gasteiger partial charge in [0.25, 0.3) is 0 Å². The normalized spacial score (nSPS) is 15.5. The molecule has 0 heterocycles. The molecule has 0 unspecified atom stereocenters. The zero-order chi connectivity index (χ0) is 18.0. The van der Waals surface area contributed by atoms with E-state index >= 15 is 0 Å². The molecule has 148 valence electrons. The number of guanidine groups is 1. The molecular weight excluding hydrogens is 439 g/mol. The first-order valence-electron chi connectivity index (χ1n) is 9.45. The average Bonchev–Trinajstić information content (AvgIpc) is 3.43. The monoisotopic (exact) mass is 474 g/mol. The van der Waals surface area contributed by atoms with Crippen molar-refractivity contribution in [1.82, 2.24) is 15.5 Å². The van der Waals surface area contributed by atoms with Crippen LogP contribution < -0.4 is 10.6 Å². The van der Waals surface area contributed by atoms with Gasteiger partial charge in [0.05, 0.1) is 13.2 Å². The summed E-state index contributed by atoms with van der Waals surface area (Å²) < 4.78 is 5.11. The zero-order valence-electron chi connectivity index (χ0n) is 16.5. The van der Waals surface area contributed by atoms with Crippen molar-refractivity contribution in [1.29, 1.82) is 0 Å². The number of likely N-dealkylation sites (N-methyl/N-ethyl adjacent to an activating group) is 1. The highest BCUT2D eigenvalue weighted by atomic mass is 127. The predicted octanol–water partition coefficient (Wildman–Crippen LogP) is 2.86. The summed E-state index contributed by atoms with van der Waals surface area (Å²) in [7, 11) is 3.88. The Labute approximate surface area is 176 Å². The molecule has 0 aliphatic heterocycles. The molecule has 0 aromatic heterocycles. The Kier molecular flexibility index (Phi) is 11.2. The third-order valence-corrected chi connectivity index (χ3v) is 4.81. The van der Waals surface area contributed by atoms with Crippen LogP contribution in [0.15, 0.2) is 35.3 Å². The van der Waals surface area contributed by atoms with Crippen LogP contribution in [-0.4, -0.2) is 64.3 Å². The zero-order valence-corrected chi connectivity index (χ0v) is 18.8. The number of hydrogen-bond donors (Lipinski definition) is 2. The standard InChI is InChI=1S/C20H34N4O.HI/c1-4-21-19(22-13-8-14-24(2)15-16-25-3)23-17-20(11-12-20)18-9-6-5-7-10-18;/h5-7,9-10H,4,8,11-17H2,1-3H3,(H2,21,22,23);1H. The second kappa shape index (κ2) is 12.5. The Balaban J connectivity index is 0.00000338. The number of rotatable bonds is 11. The van der Waals surface area contributed by atoms with E-state index in [1.54, 1.807) is 7.11 Å². The Morgan fingerprint density at radius 2 is 1.92 bits per heavy atom. The van der Waals surface area contributed by atoms with Crippen LogP contribution in [0.1, 0.15) is 31.7 Å². The molecule has 0 amide bonds. The molecule has 2 rings (SSSR count). The van der Waals surface area contributed by atoms with E-state index in [2.05, 4.69) is 59.8 Å². The van der Waals surface area contributed by atoms with Crippen LogP contribution in [0, 0.1) is 0 Å². The highest BCUT2D eigenvalue weighted by Gasteiger charge is 2.43. The van der Waals surface area contributed by atoms with E-state index in [-0.39, 0.29) is 29.4 Å². The van der Waals surface area contributed by atoms with Gasteiger partial charge in [-0.15, -0.1) is 24.0 Å². The van der Waals surface area contributed by atoms with E-state index in [1.165, 1.54) is 18.4 Å². The molecule has 0 radical (unpaired) electrons. The summed E-state index contributed by atoms with van der Waals surface area (Å²) in [5, 5.41) is 6.83. The van der Waals surface area contributed by atoms with Crippen LogP contribution in [0.2, 0.25) is 0 Å². The van der Waals surface area contributed by atoms with E-state index in [0.29, 0.717) is 0 Å². The van der Waals surface area contributed by atoms with E-state index < -0.39 is 0 Å². The number of hydrogen-bond acceptors (Lipinski definition) is 3. The molecule has 1 aromatic carbocycles. The first-order chi connectivity index (χ1) is 12.2. The lowest BCUT2D eigenvalue weighted by molar-refractivity contribution is 0.161. The number of nitrogens with one attached hydrogen (secondary N) is 2. The molecule has 6 heteroatoms. The maximum atomic E-state index is 5.11.